The van der Waals surface area contributed by atoms with Crippen molar-refractivity contribution < 1.29 is 9.53 Å². The van der Waals surface area contributed by atoms with E-state index in [9.17, 15) is 4.79 Å². The summed E-state index contributed by atoms with van der Waals surface area (Å²) in [5.74, 6) is 0.451. The molecule has 1 aromatic rings. The van der Waals surface area contributed by atoms with Gasteiger partial charge in [-0.1, -0.05) is 0 Å². The number of rotatable bonds is 2. The molecule has 0 unspecified atom stereocenters. The van der Waals surface area contributed by atoms with E-state index in [2.05, 4.69) is 0 Å². The van der Waals surface area contributed by atoms with Gasteiger partial charge in [0.15, 0.2) is 6.29 Å². The molecule has 0 spiro atoms. The lowest BCUT2D eigenvalue weighted by atomic mass is 10.1. The minimum atomic E-state index is 0.451. The molecule has 66 valence electrons. The van der Waals surface area contributed by atoms with Gasteiger partial charge in [-0.25, -0.2) is 0 Å². The summed E-state index contributed by atoms with van der Waals surface area (Å²) in [6.45, 7) is 1.77. The highest BCUT2D eigenvalue weighted by Gasteiger charge is 2.07. The Hall–Kier alpha value is -1.82. The molecule has 13 heavy (non-hydrogen) atoms. The highest BCUT2D eigenvalue weighted by molar-refractivity contribution is 5.82. The van der Waals surface area contributed by atoms with Crippen LogP contribution in [0.2, 0.25) is 0 Å². The van der Waals surface area contributed by atoms with Crippen molar-refractivity contribution in [3.63, 3.8) is 0 Å². The van der Waals surface area contributed by atoms with Gasteiger partial charge in [-0.2, -0.15) is 5.26 Å². The smallest absolute Gasteiger partial charge is 0.154 e. The SMILES string of the molecule is COc1cc(C#N)cc(C)c1C=O. The zero-order chi connectivity index (χ0) is 9.84. The second kappa shape index (κ2) is 3.72. The van der Waals surface area contributed by atoms with E-state index in [0.29, 0.717) is 16.9 Å². The molecular weight excluding hydrogens is 166 g/mol. The van der Waals surface area contributed by atoms with Gasteiger partial charge < -0.3 is 4.74 Å². The number of aryl methyl sites for hydroxylation is 1. The molecule has 1 aromatic carbocycles. The predicted molar refractivity (Wildman–Crippen MR) is 47.8 cm³/mol. The Balaban J connectivity index is 3.39. The van der Waals surface area contributed by atoms with E-state index in [1.54, 1.807) is 19.1 Å². The van der Waals surface area contributed by atoms with E-state index in [1.165, 1.54) is 7.11 Å². The van der Waals surface area contributed by atoms with Crippen molar-refractivity contribution in [1.82, 2.24) is 0 Å². The molecule has 0 radical (unpaired) electrons. The average Bonchev–Trinajstić information content (AvgIpc) is 2.16. The Morgan fingerprint density at radius 3 is 2.69 bits per heavy atom. The van der Waals surface area contributed by atoms with Gasteiger partial charge in [-0.05, 0) is 24.6 Å². The fourth-order valence-electron chi connectivity index (χ4n) is 1.15. The summed E-state index contributed by atoms with van der Waals surface area (Å²) in [6, 6.07) is 5.21. The molecule has 0 aliphatic rings. The van der Waals surface area contributed by atoms with Crippen LogP contribution >= 0.6 is 0 Å². The maximum Gasteiger partial charge on any atom is 0.154 e. The first-order valence-electron chi connectivity index (χ1n) is 3.77. The molecule has 1 rings (SSSR count). The summed E-state index contributed by atoms with van der Waals surface area (Å²) in [5, 5.41) is 8.65. The molecule has 0 heterocycles. The quantitative estimate of drug-likeness (QED) is 0.642. The molecule has 3 nitrogen and oxygen atoms in total. The highest BCUT2D eigenvalue weighted by atomic mass is 16.5. The van der Waals surface area contributed by atoms with Gasteiger partial charge in [-0.3, -0.25) is 4.79 Å². The summed E-state index contributed by atoms with van der Waals surface area (Å²) in [5.41, 5.74) is 1.76. The lowest BCUT2D eigenvalue weighted by Crippen LogP contribution is -1.94. The third-order valence-electron chi connectivity index (χ3n) is 1.82. The average molecular weight is 175 g/mol. The van der Waals surface area contributed by atoms with Crippen molar-refractivity contribution in [1.29, 1.82) is 5.26 Å². The number of benzene rings is 1. The van der Waals surface area contributed by atoms with E-state index in [4.69, 9.17) is 10.00 Å². The third kappa shape index (κ3) is 1.67. The standard InChI is InChI=1S/C10H9NO2/c1-7-3-8(5-11)4-10(13-2)9(7)6-12/h3-4,6H,1-2H3. The Morgan fingerprint density at radius 1 is 1.54 bits per heavy atom. The summed E-state index contributed by atoms with van der Waals surface area (Å²) < 4.78 is 4.98. The number of methoxy groups -OCH3 is 1. The Kier molecular flexibility index (Phi) is 2.65. The molecule has 0 saturated heterocycles. The molecule has 0 fully saturated rings. The van der Waals surface area contributed by atoms with Crippen molar-refractivity contribution in [2.24, 2.45) is 0 Å². The first-order chi connectivity index (χ1) is 6.22. The second-order valence-corrected chi connectivity index (χ2v) is 2.64. The van der Waals surface area contributed by atoms with Gasteiger partial charge in [-0.15, -0.1) is 0 Å². The molecule has 0 atom stereocenters. The van der Waals surface area contributed by atoms with E-state index < -0.39 is 0 Å². The first kappa shape index (κ1) is 9.27. The molecule has 0 amide bonds. The molecule has 0 aliphatic carbocycles. The van der Waals surface area contributed by atoms with Gasteiger partial charge in [0.25, 0.3) is 0 Å². The van der Waals surface area contributed by atoms with Crippen LogP contribution in [-0.2, 0) is 0 Å². The predicted octanol–water partition coefficient (Wildman–Crippen LogP) is 1.69. The maximum absolute atomic E-state index is 10.6. The Bertz CT molecular complexity index is 377. The van der Waals surface area contributed by atoms with Gasteiger partial charge in [0, 0.05) is 0 Å². The van der Waals surface area contributed by atoms with E-state index in [0.717, 1.165) is 11.8 Å². The molecule has 3 heteroatoms. The molecule has 0 bridgehead atoms. The Morgan fingerprint density at radius 2 is 2.23 bits per heavy atom. The number of hydrogen-bond acceptors (Lipinski definition) is 3. The summed E-state index contributed by atoms with van der Waals surface area (Å²) >= 11 is 0. The van der Waals surface area contributed by atoms with Gasteiger partial charge in [0.1, 0.15) is 5.75 Å². The van der Waals surface area contributed by atoms with Crippen LogP contribution in [0.25, 0.3) is 0 Å². The Labute approximate surface area is 76.6 Å². The van der Waals surface area contributed by atoms with Crippen LogP contribution in [0.15, 0.2) is 12.1 Å². The first-order valence-corrected chi connectivity index (χ1v) is 3.77. The van der Waals surface area contributed by atoms with E-state index >= 15 is 0 Å². The lowest BCUT2D eigenvalue weighted by molar-refractivity contribution is 0.112. The molecule has 0 aliphatic heterocycles. The van der Waals surface area contributed by atoms with Crippen molar-refractivity contribution in [3.8, 4) is 11.8 Å². The van der Waals surface area contributed by atoms with Crippen LogP contribution in [0.1, 0.15) is 21.5 Å². The lowest BCUT2D eigenvalue weighted by Gasteiger charge is -2.06. The molecule has 0 aromatic heterocycles. The van der Waals surface area contributed by atoms with Crippen LogP contribution < -0.4 is 4.74 Å². The zero-order valence-corrected chi connectivity index (χ0v) is 7.50. The minimum Gasteiger partial charge on any atom is -0.496 e. The molecular formula is C10H9NO2. The number of nitriles is 1. The van der Waals surface area contributed by atoms with Crippen LogP contribution in [-0.4, -0.2) is 13.4 Å². The van der Waals surface area contributed by atoms with Crippen LogP contribution in [0.5, 0.6) is 5.75 Å². The van der Waals surface area contributed by atoms with E-state index in [1.807, 2.05) is 6.07 Å². The van der Waals surface area contributed by atoms with Crippen molar-refractivity contribution in [3.05, 3.63) is 28.8 Å². The monoisotopic (exact) mass is 175 g/mol. The molecule has 0 N–H and O–H groups in total. The number of nitrogens with zero attached hydrogens (tertiary/aromatic N) is 1. The highest BCUT2D eigenvalue weighted by Crippen LogP contribution is 2.21. The minimum absolute atomic E-state index is 0.451. The third-order valence-corrected chi connectivity index (χ3v) is 1.82. The van der Waals surface area contributed by atoms with Crippen molar-refractivity contribution >= 4 is 6.29 Å². The summed E-state index contributed by atoms with van der Waals surface area (Å²) in [4.78, 5) is 10.6. The normalized spacial score (nSPS) is 9.00. The van der Waals surface area contributed by atoms with Crippen molar-refractivity contribution in [2.75, 3.05) is 7.11 Å². The maximum atomic E-state index is 10.6. The van der Waals surface area contributed by atoms with E-state index in [-0.39, 0.29) is 0 Å². The zero-order valence-electron chi connectivity index (χ0n) is 7.50. The van der Waals surface area contributed by atoms with Crippen molar-refractivity contribution in [2.45, 2.75) is 6.92 Å². The van der Waals surface area contributed by atoms with Crippen LogP contribution in [0.4, 0.5) is 0 Å². The fraction of sp³-hybridized carbons (Fsp3) is 0.200. The topological polar surface area (TPSA) is 50.1 Å². The number of carbonyl (C=O) groups is 1. The number of ether oxygens (including phenoxy) is 1. The van der Waals surface area contributed by atoms with Gasteiger partial charge in [0.2, 0.25) is 0 Å². The van der Waals surface area contributed by atoms with Crippen LogP contribution in [0.3, 0.4) is 0 Å². The molecule has 0 saturated carbocycles. The number of aldehydes is 1. The second-order valence-electron chi connectivity index (χ2n) is 2.64. The summed E-state index contributed by atoms with van der Waals surface area (Å²) in [6.07, 6.45) is 0.731. The number of carbonyl (C=O) groups excluding carboxylic acids is 1. The fourth-order valence-corrected chi connectivity index (χ4v) is 1.15. The van der Waals surface area contributed by atoms with Crippen LogP contribution in [0, 0.1) is 18.3 Å². The number of hydrogen-bond donors (Lipinski definition) is 0. The van der Waals surface area contributed by atoms with Gasteiger partial charge in [0.05, 0.1) is 24.3 Å². The summed E-state index contributed by atoms with van der Waals surface area (Å²) in [7, 11) is 1.48. The van der Waals surface area contributed by atoms with Gasteiger partial charge >= 0.3 is 0 Å². The largest absolute Gasteiger partial charge is 0.496 e.